The Morgan fingerprint density at radius 1 is 1.14 bits per heavy atom. The summed E-state index contributed by atoms with van der Waals surface area (Å²) in [7, 11) is -3.04. The molecule has 0 saturated carbocycles. The molecule has 0 spiro atoms. The molecule has 0 aromatic heterocycles. The van der Waals surface area contributed by atoms with Gasteiger partial charge >= 0.3 is 0 Å². The lowest BCUT2D eigenvalue weighted by atomic mass is 9.89. The first-order chi connectivity index (χ1) is 9.97. The number of hydrogen-bond donors (Lipinski definition) is 1. The van der Waals surface area contributed by atoms with Crippen molar-refractivity contribution >= 4 is 10.0 Å². The fraction of sp³-hybridized carbons (Fsp3) is 1.00. The summed E-state index contributed by atoms with van der Waals surface area (Å²) in [5.41, 5.74) is 0. The average molecular weight is 319 g/mol. The maximum Gasteiger partial charge on any atom is 0.214 e. The molecule has 1 rings (SSSR count). The number of nitrogens with zero attached hydrogens (tertiary/aromatic N) is 1. The monoisotopic (exact) mass is 318 g/mol. The van der Waals surface area contributed by atoms with E-state index < -0.39 is 10.0 Å². The van der Waals surface area contributed by atoms with Crippen molar-refractivity contribution in [3.8, 4) is 0 Å². The minimum atomic E-state index is -3.04. The van der Waals surface area contributed by atoms with Crippen molar-refractivity contribution in [3.05, 3.63) is 0 Å². The molecular formula is C16H34N2O2S. The van der Waals surface area contributed by atoms with E-state index in [0.717, 1.165) is 58.3 Å². The summed E-state index contributed by atoms with van der Waals surface area (Å²) < 4.78 is 26.6. The van der Waals surface area contributed by atoms with Crippen LogP contribution >= 0.6 is 0 Å². The van der Waals surface area contributed by atoms with Crippen LogP contribution in [0.4, 0.5) is 0 Å². The van der Waals surface area contributed by atoms with Gasteiger partial charge in [0.25, 0.3) is 0 Å². The molecule has 1 unspecified atom stereocenters. The van der Waals surface area contributed by atoms with Crippen LogP contribution < -0.4 is 5.32 Å². The van der Waals surface area contributed by atoms with E-state index in [0.29, 0.717) is 17.6 Å². The predicted octanol–water partition coefficient (Wildman–Crippen LogP) is 2.85. The van der Waals surface area contributed by atoms with Gasteiger partial charge in [-0.15, -0.1) is 0 Å². The minimum absolute atomic E-state index is 0.313. The summed E-state index contributed by atoms with van der Waals surface area (Å²) in [5, 5.41) is 3.32. The van der Waals surface area contributed by atoms with E-state index in [4.69, 9.17) is 0 Å². The fourth-order valence-corrected chi connectivity index (χ4v) is 4.62. The second kappa shape index (κ2) is 9.80. The van der Waals surface area contributed by atoms with Gasteiger partial charge in [0.15, 0.2) is 0 Å². The van der Waals surface area contributed by atoms with Gasteiger partial charge in [-0.1, -0.05) is 20.8 Å². The van der Waals surface area contributed by atoms with Crippen LogP contribution in [0.2, 0.25) is 0 Å². The Morgan fingerprint density at radius 2 is 1.90 bits per heavy atom. The SMILES string of the molecule is CCCNCCCCS(=O)(=O)N1CCCC(C(C)C)CC1. The van der Waals surface area contributed by atoms with Gasteiger partial charge in [-0.3, -0.25) is 0 Å². The van der Waals surface area contributed by atoms with Crippen molar-refractivity contribution in [2.45, 2.75) is 59.3 Å². The molecule has 126 valence electrons. The van der Waals surface area contributed by atoms with Gasteiger partial charge in [0.2, 0.25) is 10.0 Å². The molecule has 1 heterocycles. The molecule has 5 heteroatoms. The first-order valence-corrected chi connectivity index (χ1v) is 10.3. The van der Waals surface area contributed by atoms with Crippen molar-refractivity contribution in [1.82, 2.24) is 9.62 Å². The maximum absolute atomic E-state index is 12.4. The normalized spacial score (nSPS) is 21.6. The molecule has 1 saturated heterocycles. The van der Waals surface area contributed by atoms with Crippen LogP contribution in [0.5, 0.6) is 0 Å². The Kier molecular flexibility index (Phi) is 8.83. The van der Waals surface area contributed by atoms with E-state index in [1.165, 1.54) is 6.42 Å². The van der Waals surface area contributed by atoms with Gasteiger partial charge in [0.1, 0.15) is 0 Å². The molecule has 1 N–H and O–H groups in total. The molecule has 0 aromatic carbocycles. The average Bonchev–Trinajstić information content (AvgIpc) is 2.69. The minimum Gasteiger partial charge on any atom is -0.317 e. The Balaban J connectivity index is 2.33. The van der Waals surface area contributed by atoms with Gasteiger partial charge in [-0.2, -0.15) is 0 Å². The zero-order valence-electron chi connectivity index (χ0n) is 14.1. The van der Waals surface area contributed by atoms with E-state index in [1.807, 2.05) is 0 Å². The van der Waals surface area contributed by atoms with Gasteiger partial charge in [-0.25, -0.2) is 12.7 Å². The Hall–Kier alpha value is -0.130. The molecule has 4 nitrogen and oxygen atoms in total. The summed E-state index contributed by atoms with van der Waals surface area (Å²) >= 11 is 0. The van der Waals surface area contributed by atoms with Gasteiger partial charge in [0, 0.05) is 13.1 Å². The highest BCUT2D eigenvalue weighted by Crippen LogP contribution is 2.25. The zero-order valence-corrected chi connectivity index (χ0v) is 14.9. The Bertz CT molecular complexity index is 368. The number of sulfonamides is 1. The van der Waals surface area contributed by atoms with E-state index in [1.54, 1.807) is 4.31 Å². The van der Waals surface area contributed by atoms with Crippen LogP contribution in [0.25, 0.3) is 0 Å². The van der Waals surface area contributed by atoms with Gasteiger partial charge in [-0.05, 0) is 63.5 Å². The second-order valence-corrected chi connectivity index (χ2v) is 8.70. The summed E-state index contributed by atoms with van der Waals surface area (Å²) in [6.45, 7) is 10.0. The van der Waals surface area contributed by atoms with Crippen molar-refractivity contribution in [3.63, 3.8) is 0 Å². The third kappa shape index (κ3) is 7.11. The van der Waals surface area contributed by atoms with E-state index >= 15 is 0 Å². The van der Waals surface area contributed by atoms with Crippen LogP contribution in [-0.2, 0) is 10.0 Å². The summed E-state index contributed by atoms with van der Waals surface area (Å²) in [6, 6.07) is 0. The van der Waals surface area contributed by atoms with Crippen LogP contribution in [-0.4, -0.2) is 44.7 Å². The highest BCUT2D eigenvalue weighted by atomic mass is 32.2. The lowest BCUT2D eigenvalue weighted by molar-refractivity contribution is 0.340. The molecule has 1 fully saturated rings. The molecule has 0 radical (unpaired) electrons. The first kappa shape index (κ1) is 18.9. The van der Waals surface area contributed by atoms with Crippen LogP contribution in [0.1, 0.15) is 59.3 Å². The third-order valence-corrected chi connectivity index (χ3v) is 6.46. The topological polar surface area (TPSA) is 49.4 Å². The van der Waals surface area contributed by atoms with E-state index in [2.05, 4.69) is 26.1 Å². The molecular weight excluding hydrogens is 284 g/mol. The molecule has 0 amide bonds. The number of hydrogen-bond acceptors (Lipinski definition) is 3. The summed E-state index contributed by atoms with van der Waals surface area (Å²) in [4.78, 5) is 0. The Labute approximate surface area is 131 Å². The van der Waals surface area contributed by atoms with Gasteiger partial charge in [0.05, 0.1) is 5.75 Å². The molecule has 0 bridgehead atoms. The third-order valence-electron chi connectivity index (χ3n) is 4.50. The van der Waals surface area contributed by atoms with Crippen molar-refractivity contribution in [2.24, 2.45) is 11.8 Å². The molecule has 0 aromatic rings. The number of unbranched alkanes of at least 4 members (excludes halogenated alkanes) is 1. The van der Waals surface area contributed by atoms with Crippen molar-refractivity contribution < 1.29 is 8.42 Å². The highest BCUT2D eigenvalue weighted by Gasteiger charge is 2.26. The second-order valence-electron chi connectivity index (χ2n) is 6.61. The standard InChI is InChI=1S/C16H34N2O2S/c1-4-10-17-11-5-6-14-21(19,20)18-12-7-8-16(9-13-18)15(2)3/h15-17H,4-14H2,1-3H3. The molecule has 1 aliphatic rings. The Morgan fingerprint density at radius 3 is 2.57 bits per heavy atom. The van der Waals surface area contributed by atoms with Crippen molar-refractivity contribution in [1.29, 1.82) is 0 Å². The van der Waals surface area contributed by atoms with Crippen LogP contribution in [0.15, 0.2) is 0 Å². The van der Waals surface area contributed by atoms with Crippen molar-refractivity contribution in [2.75, 3.05) is 31.9 Å². The number of rotatable bonds is 9. The highest BCUT2D eigenvalue weighted by molar-refractivity contribution is 7.89. The molecule has 21 heavy (non-hydrogen) atoms. The number of nitrogens with one attached hydrogen (secondary N) is 1. The quantitative estimate of drug-likeness (QED) is 0.665. The molecule has 1 aliphatic heterocycles. The summed E-state index contributed by atoms with van der Waals surface area (Å²) in [6.07, 6.45) is 6.05. The van der Waals surface area contributed by atoms with E-state index in [-0.39, 0.29) is 0 Å². The summed E-state index contributed by atoms with van der Waals surface area (Å²) in [5.74, 6) is 1.66. The smallest absolute Gasteiger partial charge is 0.214 e. The largest absolute Gasteiger partial charge is 0.317 e. The lowest BCUT2D eigenvalue weighted by Gasteiger charge is -2.21. The fourth-order valence-electron chi connectivity index (χ4n) is 3.01. The molecule has 0 aliphatic carbocycles. The lowest BCUT2D eigenvalue weighted by Crippen LogP contribution is -2.34. The zero-order chi connectivity index (χ0) is 15.7. The van der Waals surface area contributed by atoms with Gasteiger partial charge < -0.3 is 5.32 Å². The van der Waals surface area contributed by atoms with E-state index in [9.17, 15) is 8.42 Å². The van der Waals surface area contributed by atoms with Crippen LogP contribution in [0.3, 0.4) is 0 Å². The first-order valence-electron chi connectivity index (χ1n) is 8.66. The maximum atomic E-state index is 12.4. The van der Waals surface area contributed by atoms with Crippen LogP contribution in [0, 0.1) is 11.8 Å². The predicted molar refractivity (Wildman–Crippen MR) is 89.9 cm³/mol. The molecule has 1 atom stereocenters.